The lowest BCUT2D eigenvalue weighted by Gasteiger charge is -2.12. The summed E-state index contributed by atoms with van der Waals surface area (Å²) in [5.74, 6) is -0.0888. The molecule has 128 valence electrons. The van der Waals surface area contributed by atoms with Crippen LogP contribution in [0.1, 0.15) is 18.1 Å². The van der Waals surface area contributed by atoms with Crippen molar-refractivity contribution in [3.8, 4) is 5.69 Å². The molecule has 2 aromatic carbocycles. The van der Waals surface area contributed by atoms with Gasteiger partial charge in [-0.2, -0.15) is 4.68 Å². The van der Waals surface area contributed by atoms with E-state index in [1.807, 2.05) is 69.3 Å². The number of thioether (sulfide) groups is 1. The molecule has 6 nitrogen and oxygen atoms in total. The zero-order valence-corrected chi connectivity index (χ0v) is 15.1. The van der Waals surface area contributed by atoms with Crippen LogP contribution in [0.2, 0.25) is 0 Å². The number of amides is 1. The summed E-state index contributed by atoms with van der Waals surface area (Å²) >= 11 is 1.32. The standard InChI is InChI=1S/C18H19N5OS/c1-12-7-9-16(10-8-12)23-18(20-21-22-23)25-14(3)17(24)19-15-6-4-5-13(2)11-15/h4-11,14H,1-3H3,(H,19,24). The number of carbonyl (C=O) groups is 1. The van der Waals surface area contributed by atoms with Crippen LogP contribution in [0, 0.1) is 13.8 Å². The second kappa shape index (κ2) is 7.48. The van der Waals surface area contributed by atoms with Gasteiger partial charge in [-0.25, -0.2) is 0 Å². The van der Waals surface area contributed by atoms with Crippen molar-refractivity contribution in [1.82, 2.24) is 20.2 Å². The zero-order chi connectivity index (χ0) is 17.8. The molecule has 0 bridgehead atoms. The maximum absolute atomic E-state index is 12.4. The summed E-state index contributed by atoms with van der Waals surface area (Å²) in [6.07, 6.45) is 0. The first-order valence-electron chi connectivity index (χ1n) is 7.92. The van der Waals surface area contributed by atoms with E-state index in [-0.39, 0.29) is 11.2 Å². The summed E-state index contributed by atoms with van der Waals surface area (Å²) in [7, 11) is 0. The highest BCUT2D eigenvalue weighted by Crippen LogP contribution is 2.24. The number of nitrogens with one attached hydrogen (secondary N) is 1. The van der Waals surface area contributed by atoms with Crippen molar-refractivity contribution < 1.29 is 4.79 Å². The van der Waals surface area contributed by atoms with Gasteiger partial charge in [0.25, 0.3) is 0 Å². The summed E-state index contributed by atoms with van der Waals surface area (Å²) in [5, 5.41) is 15.0. The molecule has 1 heterocycles. The molecule has 0 aliphatic carbocycles. The highest BCUT2D eigenvalue weighted by atomic mass is 32.2. The highest BCUT2D eigenvalue weighted by molar-refractivity contribution is 8.00. The van der Waals surface area contributed by atoms with Crippen LogP contribution in [-0.2, 0) is 4.79 Å². The Kier molecular flexibility index (Phi) is 5.14. The molecule has 3 aromatic rings. The number of nitrogens with zero attached hydrogens (tertiary/aromatic N) is 4. The van der Waals surface area contributed by atoms with Gasteiger partial charge in [0.1, 0.15) is 0 Å². The topological polar surface area (TPSA) is 72.7 Å². The van der Waals surface area contributed by atoms with Gasteiger partial charge in [-0.1, -0.05) is 41.6 Å². The lowest BCUT2D eigenvalue weighted by atomic mass is 10.2. The van der Waals surface area contributed by atoms with Crippen molar-refractivity contribution in [2.75, 3.05) is 5.32 Å². The van der Waals surface area contributed by atoms with Gasteiger partial charge in [0, 0.05) is 5.69 Å². The molecule has 3 rings (SSSR count). The Balaban J connectivity index is 1.71. The largest absolute Gasteiger partial charge is 0.325 e. The van der Waals surface area contributed by atoms with Gasteiger partial charge in [-0.15, -0.1) is 5.10 Å². The lowest BCUT2D eigenvalue weighted by Crippen LogP contribution is -2.23. The molecule has 0 saturated heterocycles. The Morgan fingerprint density at radius 2 is 1.88 bits per heavy atom. The molecule has 0 aliphatic rings. The highest BCUT2D eigenvalue weighted by Gasteiger charge is 2.19. The number of aryl methyl sites for hydroxylation is 2. The van der Waals surface area contributed by atoms with Crippen molar-refractivity contribution in [3.05, 3.63) is 59.7 Å². The van der Waals surface area contributed by atoms with Crippen molar-refractivity contribution in [2.45, 2.75) is 31.2 Å². The fourth-order valence-corrected chi connectivity index (χ4v) is 3.09. The summed E-state index contributed by atoms with van der Waals surface area (Å²) < 4.78 is 1.64. The number of aromatic nitrogens is 4. The number of rotatable bonds is 5. The van der Waals surface area contributed by atoms with E-state index in [9.17, 15) is 4.79 Å². The van der Waals surface area contributed by atoms with Crippen LogP contribution < -0.4 is 5.32 Å². The van der Waals surface area contributed by atoms with Gasteiger partial charge in [0.2, 0.25) is 11.1 Å². The first-order valence-corrected chi connectivity index (χ1v) is 8.80. The Labute approximate surface area is 150 Å². The Hall–Kier alpha value is -2.67. The lowest BCUT2D eigenvalue weighted by molar-refractivity contribution is -0.115. The van der Waals surface area contributed by atoms with Gasteiger partial charge < -0.3 is 5.32 Å². The number of hydrogen-bond donors (Lipinski definition) is 1. The van der Waals surface area contributed by atoms with E-state index in [4.69, 9.17) is 0 Å². The minimum absolute atomic E-state index is 0.0888. The van der Waals surface area contributed by atoms with Gasteiger partial charge in [-0.3, -0.25) is 4.79 Å². The molecular weight excluding hydrogens is 334 g/mol. The van der Waals surface area contributed by atoms with Gasteiger partial charge >= 0.3 is 0 Å². The van der Waals surface area contributed by atoms with Crippen LogP contribution in [0.4, 0.5) is 5.69 Å². The van der Waals surface area contributed by atoms with Crippen LogP contribution in [0.15, 0.2) is 53.7 Å². The molecule has 0 radical (unpaired) electrons. The normalized spacial score (nSPS) is 12.0. The van der Waals surface area contributed by atoms with Crippen molar-refractivity contribution in [1.29, 1.82) is 0 Å². The van der Waals surface area contributed by atoms with Crippen LogP contribution in [0.3, 0.4) is 0 Å². The average Bonchev–Trinajstić information content (AvgIpc) is 3.03. The Morgan fingerprint density at radius 3 is 2.60 bits per heavy atom. The predicted octanol–water partition coefficient (Wildman–Crippen LogP) is 3.40. The summed E-state index contributed by atoms with van der Waals surface area (Å²) in [5.41, 5.74) is 3.92. The predicted molar refractivity (Wildman–Crippen MR) is 99.0 cm³/mol. The van der Waals surface area contributed by atoms with Crippen LogP contribution >= 0.6 is 11.8 Å². The molecule has 0 aliphatic heterocycles. The fourth-order valence-electron chi connectivity index (χ4n) is 2.28. The minimum Gasteiger partial charge on any atom is -0.325 e. The monoisotopic (exact) mass is 353 g/mol. The Morgan fingerprint density at radius 1 is 1.12 bits per heavy atom. The molecule has 1 N–H and O–H groups in total. The van der Waals surface area contributed by atoms with E-state index in [2.05, 4.69) is 20.8 Å². The third-order valence-electron chi connectivity index (χ3n) is 3.66. The number of hydrogen-bond acceptors (Lipinski definition) is 5. The van der Waals surface area contributed by atoms with Crippen LogP contribution in [0.25, 0.3) is 5.69 Å². The molecule has 25 heavy (non-hydrogen) atoms. The maximum Gasteiger partial charge on any atom is 0.237 e. The Bertz CT molecular complexity index is 875. The third kappa shape index (κ3) is 4.24. The van der Waals surface area contributed by atoms with E-state index in [0.717, 1.165) is 22.5 Å². The van der Waals surface area contributed by atoms with E-state index < -0.39 is 0 Å². The average molecular weight is 353 g/mol. The minimum atomic E-state index is -0.337. The molecule has 0 saturated carbocycles. The number of tetrazole rings is 1. The number of anilines is 1. The van der Waals surface area contributed by atoms with Crippen molar-refractivity contribution in [2.24, 2.45) is 0 Å². The smallest absolute Gasteiger partial charge is 0.237 e. The molecular formula is C18H19N5OS. The summed E-state index contributed by atoms with van der Waals surface area (Å²) in [4.78, 5) is 12.4. The molecule has 1 atom stereocenters. The van der Waals surface area contributed by atoms with Gasteiger partial charge in [-0.05, 0) is 61.0 Å². The zero-order valence-electron chi connectivity index (χ0n) is 14.3. The summed E-state index contributed by atoms with van der Waals surface area (Å²) in [6.45, 7) is 5.85. The molecule has 0 fully saturated rings. The van der Waals surface area contributed by atoms with E-state index in [1.165, 1.54) is 11.8 Å². The van der Waals surface area contributed by atoms with Crippen molar-refractivity contribution in [3.63, 3.8) is 0 Å². The first-order chi connectivity index (χ1) is 12.0. The second-order valence-corrected chi connectivity index (χ2v) is 7.14. The van der Waals surface area contributed by atoms with Crippen LogP contribution in [0.5, 0.6) is 0 Å². The SMILES string of the molecule is Cc1ccc(-n2nnnc2SC(C)C(=O)Nc2cccc(C)c2)cc1. The molecule has 1 unspecified atom stereocenters. The van der Waals surface area contributed by atoms with E-state index in [1.54, 1.807) is 4.68 Å². The first kappa shape index (κ1) is 17.2. The summed E-state index contributed by atoms with van der Waals surface area (Å²) in [6, 6.07) is 15.6. The second-order valence-electron chi connectivity index (χ2n) is 5.83. The molecule has 1 aromatic heterocycles. The van der Waals surface area contributed by atoms with Crippen LogP contribution in [-0.4, -0.2) is 31.4 Å². The third-order valence-corrected chi connectivity index (χ3v) is 4.69. The quantitative estimate of drug-likeness (QED) is 0.712. The van der Waals surface area contributed by atoms with Gasteiger partial charge in [0.15, 0.2) is 0 Å². The molecule has 1 amide bonds. The van der Waals surface area contributed by atoms with Gasteiger partial charge in [0.05, 0.1) is 10.9 Å². The number of benzene rings is 2. The number of carbonyl (C=O) groups excluding carboxylic acids is 1. The maximum atomic E-state index is 12.4. The fraction of sp³-hybridized carbons (Fsp3) is 0.222. The molecule has 0 spiro atoms. The molecule has 7 heteroatoms. The van der Waals surface area contributed by atoms with Crippen molar-refractivity contribution >= 4 is 23.4 Å². The van der Waals surface area contributed by atoms with E-state index in [0.29, 0.717) is 5.16 Å². The van der Waals surface area contributed by atoms with E-state index >= 15 is 0 Å².